The van der Waals surface area contributed by atoms with Gasteiger partial charge in [0.15, 0.2) is 0 Å². The molecule has 6 heavy (non-hydrogen) atoms. The van der Waals surface area contributed by atoms with Crippen molar-refractivity contribution in [2.24, 2.45) is 0 Å². The molecule has 1 radical (unpaired) electrons. The summed E-state index contributed by atoms with van der Waals surface area (Å²) >= 11 is 1.25. The van der Waals surface area contributed by atoms with Crippen LogP contribution in [-0.4, -0.2) is 5.75 Å². The molecule has 0 N–H and O–H groups in total. The van der Waals surface area contributed by atoms with Crippen molar-refractivity contribution in [2.75, 3.05) is 5.75 Å². The van der Waals surface area contributed by atoms with Gasteiger partial charge in [-0.2, -0.15) is 5.26 Å². The van der Waals surface area contributed by atoms with Gasteiger partial charge in [0.1, 0.15) is 5.40 Å². The van der Waals surface area contributed by atoms with Crippen LogP contribution in [-0.2, 0) is 0 Å². The first-order valence-corrected chi connectivity index (χ1v) is 2.70. The lowest BCUT2D eigenvalue weighted by atomic mass is 10.6. The van der Waals surface area contributed by atoms with E-state index in [0.717, 1.165) is 12.2 Å². The molecule has 0 heterocycles. The molecule has 0 rings (SSSR count). The second kappa shape index (κ2) is 4.84. The summed E-state index contributed by atoms with van der Waals surface area (Å²) in [5, 5.41) is 9.83. The number of nitriles is 1. The van der Waals surface area contributed by atoms with Crippen LogP contribution in [0, 0.1) is 17.6 Å². The van der Waals surface area contributed by atoms with E-state index >= 15 is 0 Å². The summed E-state index contributed by atoms with van der Waals surface area (Å²) in [7, 11) is 0. The molecule has 2 heteroatoms. The summed E-state index contributed by atoms with van der Waals surface area (Å²) < 4.78 is 0. The van der Waals surface area contributed by atoms with Crippen LogP contribution in [0.5, 0.6) is 0 Å². The van der Waals surface area contributed by atoms with Gasteiger partial charge >= 0.3 is 0 Å². The van der Waals surface area contributed by atoms with Crippen molar-refractivity contribution in [2.45, 2.75) is 6.42 Å². The van der Waals surface area contributed by atoms with Crippen LogP contribution in [0.25, 0.3) is 0 Å². The van der Waals surface area contributed by atoms with Gasteiger partial charge in [0, 0.05) is 5.75 Å². The van der Waals surface area contributed by atoms with Gasteiger partial charge in [0.05, 0.1) is 0 Å². The zero-order chi connectivity index (χ0) is 4.83. The molecule has 0 amide bonds. The molecule has 1 nitrogen and oxygen atoms in total. The van der Waals surface area contributed by atoms with Crippen LogP contribution in [0.3, 0.4) is 0 Å². The Labute approximate surface area is 42.3 Å². The van der Waals surface area contributed by atoms with E-state index in [1.165, 1.54) is 11.8 Å². The molecule has 0 aliphatic heterocycles. The van der Waals surface area contributed by atoms with Crippen LogP contribution in [0.15, 0.2) is 0 Å². The van der Waals surface area contributed by atoms with Crippen LogP contribution < -0.4 is 0 Å². The molecule has 0 aromatic heterocycles. The van der Waals surface area contributed by atoms with Gasteiger partial charge in [-0.3, -0.25) is 0 Å². The fraction of sp³-hybridized carbons (Fsp3) is 0.500. The summed E-state index contributed by atoms with van der Waals surface area (Å²) in [5.41, 5.74) is 0. The first-order chi connectivity index (χ1) is 2.91. The monoisotopic (exact) mass is 100 g/mol. The van der Waals surface area contributed by atoms with Gasteiger partial charge in [-0.15, -0.1) is 0 Å². The van der Waals surface area contributed by atoms with Gasteiger partial charge in [0.2, 0.25) is 0 Å². The number of thiocyanates is 1. The molecule has 0 spiro atoms. The average molecular weight is 100 g/mol. The number of nitrogens with zero attached hydrogens (tertiary/aromatic N) is 1. The van der Waals surface area contributed by atoms with Gasteiger partial charge in [0.25, 0.3) is 0 Å². The zero-order valence-electron chi connectivity index (χ0n) is 3.48. The second-order valence-electron chi connectivity index (χ2n) is 0.793. The molecule has 0 aliphatic rings. The van der Waals surface area contributed by atoms with E-state index in [1.54, 1.807) is 0 Å². The van der Waals surface area contributed by atoms with Gasteiger partial charge in [-0.25, -0.2) is 0 Å². The number of rotatable bonds is 2. The number of thioether (sulfide) groups is 1. The van der Waals surface area contributed by atoms with E-state index in [0.29, 0.717) is 0 Å². The highest BCUT2D eigenvalue weighted by Gasteiger charge is 1.74. The lowest BCUT2D eigenvalue weighted by Crippen LogP contribution is -1.65. The van der Waals surface area contributed by atoms with Crippen molar-refractivity contribution >= 4 is 11.8 Å². The van der Waals surface area contributed by atoms with Crippen LogP contribution in [0.1, 0.15) is 6.42 Å². The van der Waals surface area contributed by atoms with Crippen molar-refractivity contribution in [1.82, 2.24) is 0 Å². The topological polar surface area (TPSA) is 23.8 Å². The highest BCUT2D eigenvalue weighted by atomic mass is 32.2. The summed E-state index contributed by atoms with van der Waals surface area (Å²) in [6.07, 6.45) is 0.845. The Morgan fingerprint density at radius 3 is 2.67 bits per heavy atom. The highest BCUT2D eigenvalue weighted by molar-refractivity contribution is 8.03. The molecule has 0 saturated carbocycles. The minimum Gasteiger partial charge on any atom is -0.185 e. The Balaban J connectivity index is 2.54. The van der Waals surface area contributed by atoms with Crippen molar-refractivity contribution < 1.29 is 0 Å². The standard InChI is InChI=1S/C4H6NS/c1-2-3-6-4-5/h1-3H2. The largest absolute Gasteiger partial charge is 0.185 e. The Bertz CT molecular complexity index is 55.1. The Kier molecular flexibility index (Phi) is 4.71. The van der Waals surface area contributed by atoms with E-state index in [4.69, 9.17) is 5.26 Å². The maximum absolute atomic E-state index is 7.88. The quantitative estimate of drug-likeness (QED) is 0.387. The third-order valence-corrected chi connectivity index (χ3v) is 0.933. The van der Waals surface area contributed by atoms with E-state index in [2.05, 4.69) is 6.92 Å². The molecule has 0 bridgehead atoms. The molecule has 0 aromatic carbocycles. The molecular formula is C4H6NS. The third-order valence-electron chi connectivity index (χ3n) is 0.311. The Morgan fingerprint density at radius 2 is 2.50 bits per heavy atom. The first-order valence-electron chi connectivity index (χ1n) is 1.72. The summed E-state index contributed by atoms with van der Waals surface area (Å²) in [5.74, 6) is 0.858. The molecule has 0 saturated heterocycles. The number of hydrogen-bond donors (Lipinski definition) is 0. The van der Waals surface area contributed by atoms with E-state index in [-0.39, 0.29) is 0 Å². The van der Waals surface area contributed by atoms with Crippen molar-refractivity contribution in [1.29, 1.82) is 5.26 Å². The van der Waals surface area contributed by atoms with Crippen molar-refractivity contribution in [3.63, 3.8) is 0 Å². The minimum atomic E-state index is 0.845. The predicted octanol–water partition coefficient (Wildman–Crippen LogP) is 1.42. The minimum absolute atomic E-state index is 0.845. The molecule has 0 aliphatic carbocycles. The second-order valence-corrected chi connectivity index (χ2v) is 1.67. The van der Waals surface area contributed by atoms with E-state index < -0.39 is 0 Å². The van der Waals surface area contributed by atoms with Crippen LogP contribution in [0.2, 0.25) is 0 Å². The summed E-state index contributed by atoms with van der Waals surface area (Å²) in [6.45, 7) is 3.55. The van der Waals surface area contributed by atoms with Gasteiger partial charge < -0.3 is 0 Å². The third kappa shape index (κ3) is 3.84. The number of hydrogen-bond acceptors (Lipinski definition) is 2. The summed E-state index contributed by atoms with van der Waals surface area (Å²) in [6, 6.07) is 0. The average Bonchev–Trinajstić information content (AvgIpc) is 1.61. The van der Waals surface area contributed by atoms with Gasteiger partial charge in [-0.05, 0) is 18.2 Å². The zero-order valence-corrected chi connectivity index (χ0v) is 4.29. The fourth-order valence-corrected chi connectivity index (χ4v) is 0.353. The van der Waals surface area contributed by atoms with Gasteiger partial charge in [-0.1, -0.05) is 6.92 Å². The molecule has 0 fully saturated rings. The fourth-order valence-electron chi connectivity index (χ4n) is 0.118. The van der Waals surface area contributed by atoms with E-state index in [1.807, 2.05) is 5.40 Å². The molecule has 0 atom stereocenters. The highest BCUT2D eigenvalue weighted by Crippen LogP contribution is 1.95. The van der Waals surface area contributed by atoms with Crippen molar-refractivity contribution in [3.05, 3.63) is 6.92 Å². The lowest BCUT2D eigenvalue weighted by molar-refractivity contribution is 1.25. The maximum Gasteiger partial charge on any atom is 0.133 e. The SMILES string of the molecule is [CH2]CCSC#N. The van der Waals surface area contributed by atoms with Crippen LogP contribution >= 0.6 is 11.8 Å². The predicted molar refractivity (Wildman–Crippen MR) is 28.0 cm³/mol. The maximum atomic E-state index is 7.88. The molecule has 33 valence electrons. The van der Waals surface area contributed by atoms with E-state index in [9.17, 15) is 0 Å². The Morgan fingerprint density at radius 1 is 1.83 bits per heavy atom. The molecule has 0 aromatic rings. The first kappa shape index (κ1) is 5.84. The molecule has 0 unspecified atom stereocenters. The molecular weight excluding hydrogens is 94.1 g/mol. The smallest absolute Gasteiger partial charge is 0.133 e. The van der Waals surface area contributed by atoms with Crippen LogP contribution in [0.4, 0.5) is 0 Å². The normalized spacial score (nSPS) is 7.33. The lowest BCUT2D eigenvalue weighted by Gasteiger charge is -1.76. The van der Waals surface area contributed by atoms with Crippen molar-refractivity contribution in [3.8, 4) is 5.40 Å². The summed E-state index contributed by atoms with van der Waals surface area (Å²) in [4.78, 5) is 0. The Hall–Kier alpha value is -0.160.